The molecule has 0 spiro atoms. The largest absolute Gasteiger partial charge is 0.465 e. The molecule has 0 bridgehead atoms. The average Bonchev–Trinajstić information content (AvgIpc) is 2.98. The van der Waals surface area contributed by atoms with E-state index in [1.807, 2.05) is 6.92 Å². The van der Waals surface area contributed by atoms with Crippen LogP contribution in [0, 0.1) is 0 Å². The number of carbonyl (C=O) groups is 3. The maximum absolute atomic E-state index is 12.5. The third-order valence-corrected chi connectivity index (χ3v) is 3.80. The summed E-state index contributed by atoms with van der Waals surface area (Å²) in [6.45, 7) is 7.25. The van der Waals surface area contributed by atoms with E-state index in [1.54, 1.807) is 45.0 Å². The van der Waals surface area contributed by atoms with Crippen molar-refractivity contribution in [3.63, 3.8) is 0 Å². The molecule has 0 fully saturated rings. The van der Waals surface area contributed by atoms with Crippen LogP contribution >= 0.6 is 0 Å². The molecule has 0 amide bonds. The fourth-order valence-electron chi connectivity index (χ4n) is 2.73. The first kappa shape index (κ1) is 19.4. The lowest BCUT2D eigenvalue weighted by atomic mass is 9.97. The highest BCUT2D eigenvalue weighted by atomic mass is 16.6. The number of hydrogen-bond acceptors (Lipinski definition) is 5. The molecular weight excluding hydrogens is 334 g/mol. The Morgan fingerprint density at radius 3 is 2.19 bits per heavy atom. The van der Waals surface area contributed by atoms with Crippen LogP contribution in [0.4, 0.5) is 0 Å². The number of H-pyrrole nitrogens is 1. The Bertz CT molecular complexity index is 825. The highest BCUT2D eigenvalue weighted by molar-refractivity contribution is 5.98. The van der Waals surface area contributed by atoms with Gasteiger partial charge in [-0.2, -0.15) is 0 Å². The van der Waals surface area contributed by atoms with Gasteiger partial charge in [0, 0.05) is 5.56 Å². The molecule has 2 rings (SSSR count). The molecule has 6 heteroatoms. The number of aromatic amines is 1. The fourth-order valence-corrected chi connectivity index (χ4v) is 2.73. The molecule has 0 unspecified atom stereocenters. The van der Waals surface area contributed by atoms with Crippen molar-refractivity contribution in [1.29, 1.82) is 0 Å². The normalized spacial score (nSPS) is 11.1. The number of hydrogen-bond donors (Lipinski definition) is 1. The molecule has 138 valence electrons. The molecular formula is C20H23NO5. The van der Waals surface area contributed by atoms with Crippen LogP contribution < -0.4 is 0 Å². The maximum Gasteiger partial charge on any atom is 0.355 e. The number of carbonyl (C=O) groups excluding carboxylic acids is 3. The van der Waals surface area contributed by atoms with E-state index < -0.39 is 17.5 Å². The first-order valence-corrected chi connectivity index (χ1v) is 8.34. The molecule has 26 heavy (non-hydrogen) atoms. The standard InChI is InChI=1S/C20H23NO5/c1-6-14-16(12-7-9-13(10-8-12)18(23)25-5)15(11-22)21-17(14)19(24)26-20(2,3)4/h7-11,21H,6H2,1-5H3. The van der Waals surface area contributed by atoms with Crippen LogP contribution in [-0.2, 0) is 15.9 Å². The molecule has 6 nitrogen and oxygen atoms in total. The van der Waals surface area contributed by atoms with E-state index in [-0.39, 0.29) is 5.69 Å². The second-order valence-electron chi connectivity index (χ2n) is 6.81. The van der Waals surface area contributed by atoms with Crippen molar-refractivity contribution in [2.45, 2.75) is 39.7 Å². The van der Waals surface area contributed by atoms with Gasteiger partial charge in [-0.25, -0.2) is 9.59 Å². The number of nitrogens with one attached hydrogen (secondary N) is 1. The number of benzene rings is 1. The molecule has 1 heterocycles. The highest BCUT2D eigenvalue weighted by Crippen LogP contribution is 2.31. The van der Waals surface area contributed by atoms with Gasteiger partial charge in [-0.3, -0.25) is 4.79 Å². The molecule has 1 aromatic heterocycles. The molecule has 0 saturated heterocycles. The van der Waals surface area contributed by atoms with Crippen LogP contribution in [0.1, 0.15) is 64.6 Å². The second kappa shape index (κ2) is 7.56. The van der Waals surface area contributed by atoms with Gasteiger partial charge in [0.05, 0.1) is 18.4 Å². The van der Waals surface area contributed by atoms with Crippen LogP contribution in [0.15, 0.2) is 24.3 Å². The minimum absolute atomic E-state index is 0.275. The fraction of sp³-hybridized carbons (Fsp3) is 0.350. The summed E-state index contributed by atoms with van der Waals surface area (Å²) in [6.07, 6.45) is 1.21. The van der Waals surface area contributed by atoms with Gasteiger partial charge >= 0.3 is 11.9 Å². The van der Waals surface area contributed by atoms with Crippen LogP contribution in [0.25, 0.3) is 11.1 Å². The quantitative estimate of drug-likeness (QED) is 0.650. The average molecular weight is 357 g/mol. The van der Waals surface area contributed by atoms with Crippen molar-refractivity contribution in [3.8, 4) is 11.1 Å². The topological polar surface area (TPSA) is 85.5 Å². The molecule has 0 radical (unpaired) electrons. The minimum atomic E-state index is -0.642. The summed E-state index contributed by atoms with van der Waals surface area (Å²) in [5.74, 6) is -0.943. The molecule has 0 saturated carbocycles. The molecule has 0 aliphatic heterocycles. The lowest BCUT2D eigenvalue weighted by molar-refractivity contribution is 0.00622. The van der Waals surface area contributed by atoms with Gasteiger partial charge in [0.1, 0.15) is 11.3 Å². The molecule has 1 aromatic carbocycles. The van der Waals surface area contributed by atoms with Crippen LogP contribution in [0.3, 0.4) is 0 Å². The molecule has 0 atom stereocenters. The van der Waals surface area contributed by atoms with E-state index >= 15 is 0 Å². The van der Waals surface area contributed by atoms with E-state index in [0.717, 1.165) is 5.56 Å². The smallest absolute Gasteiger partial charge is 0.355 e. The first-order valence-electron chi connectivity index (χ1n) is 8.34. The Morgan fingerprint density at radius 2 is 1.73 bits per heavy atom. The molecule has 1 N–H and O–H groups in total. The van der Waals surface area contributed by atoms with Gasteiger partial charge in [-0.15, -0.1) is 0 Å². The molecule has 0 aliphatic rings. The van der Waals surface area contributed by atoms with Crippen molar-refractivity contribution < 1.29 is 23.9 Å². The summed E-state index contributed by atoms with van der Waals surface area (Å²) in [4.78, 5) is 38.5. The summed E-state index contributed by atoms with van der Waals surface area (Å²) in [7, 11) is 1.31. The number of esters is 2. The summed E-state index contributed by atoms with van der Waals surface area (Å²) in [5.41, 5.74) is 2.40. The van der Waals surface area contributed by atoms with E-state index in [4.69, 9.17) is 9.47 Å². The predicted molar refractivity (Wildman–Crippen MR) is 97.5 cm³/mol. The van der Waals surface area contributed by atoms with Crippen LogP contribution in [0.5, 0.6) is 0 Å². The molecule has 0 aliphatic carbocycles. The summed E-state index contributed by atoms with van der Waals surface area (Å²) in [5, 5.41) is 0. The lowest BCUT2D eigenvalue weighted by Crippen LogP contribution is -2.24. The third-order valence-electron chi connectivity index (χ3n) is 3.80. The van der Waals surface area contributed by atoms with Crippen molar-refractivity contribution in [2.24, 2.45) is 0 Å². The van der Waals surface area contributed by atoms with Gasteiger partial charge in [0.2, 0.25) is 0 Å². The number of ether oxygens (including phenoxy) is 2. The summed E-state index contributed by atoms with van der Waals surface area (Å²) < 4.78 is 10.1. The van der Waals surface area contributed by atoms with Gasteiger partial charge in [-0.1, -0.05) is 19.1 Å². The van der Waals surface area contributed by atoms with Crippen molar-refractivity contribution >= 4 is 18.2 Å². The Hall–Kier alpha value is -2.89. The zero-order chi connectivity index (χ0) is 19.5. The number of aromatic nitrogens is 1. The van der Waals surface area contributed by atoms with Gasteiger partial charge in [-0.05, 0) is 50.5 Å². The Morgan fingerprint density at radius 1 is 1.12 bits per heavy atom. The van der Waals surface area contributed by atoms with Crippen molar-refractivity contribution in [2.75, 3.05) is 7.11 Å². The second-order valence-corrected chi connectivity index (χ2v) is 6.81. The van der Waals surface area contributed by atoms with E-state index in [2.05, 4.69) is 4.98 Å². The van der Waals surface area contributed by atoms with Crippen molar-refractivity contribution in [1.82, 2.24) is 4.98 Å². The lowest BCUT2D eigenvalue weighted by Gasteiger charge is -2.19. The minimum Gasteiger partial charge on any atom is -0.465 e. The SMILES string of the molecule is CCc1c(C(=O)OC(C)(C)C)[nH]c(C=O)c1-c1ccc(C(=O)OC)cc1. The summed E-state index contributed by atoms with van der Waals surface area (Å²) in [6, 6.07) is 6.69. The Kier molecular flexibility index (Phi) is 5.65. The third kappa shape index (κ3) is 4.02. The Labute approximate surface area is 152 Å². The van der Waals surface area contributed by atoms with E-state index in [1.165, 1.54) is 7.11 Å². The number of aldehydes is 1. The zero-order valence-electron chi connectivity index (χ0n) is 15.6. The van der Waals surface area contributed by atoms with Gasteiger partial charge < -0.3 is 14.5 Å². The molecule has 2 aromatic rings. The van der Waals surface area contributed by atoms with Crippen LogP contribution in [0.2, 0.25) is 0 Å². The monoisotopic (exact) mass is 357 g/mol. The first-order chi connectivity index (χ1) is 12.2. The highest BCUT2D eigenvalue weighted by Gasteiger charge is 2.26. The maximum atomic E-state index is 12.5. The van der Waals surface area contributed by atoms with Gasteiger partial charge in [0.25, 0.3) is 0 Å². The summed E-state index contributed by atoms with van der Waals surface area (Å²) >= 11 is 0. The van der Waals surface area contributed by atoms with E-state index in [0.29, 0.717) is 35.1 Å². The van der Waals surface area contributed by atoms with E-state index in [9.17, 15) is 14.4 Å². The van der Waals surface area contributed by atoms with Crippen molar-refractivity contribution in [3.05, 3.63) is 46.8 Å². The number of rotatable bonds is 5. The predicted octanol–water partition coefficient (Wildman–Crippen LogP) is 3.80. The zero-order valence-corrected chi connectivity index (χ0v) is 15.6. The van der Waals surface area contributed by atoms with Crippen LogP contribution in [-0.4, -0.2) is 35.9 Å². The number of methoxy groups -OCH3 is 1. The Balaban J connectivity index is 2.53. The van der Waals surface area contributed by atoms with Gasteiger partial charge in [0.15, 0.2) is 6.29 Å².